The first-order valence-electron chi connectivity index (χ1n) is 8.68. The Kier molecular flexibility index (Phi) is 5.47. The van der Waals surface area contributed by atoms with Gasteiger partial charge in [-0.05, 0) is 12.8 Å². The van der Waals surface area contributed by atoms with Gasteiger partial charge in [-0.3, -0.25) is 14.7 Å². The average Bonchev–Trinajstić information content (AvgIpc) is 3.16. The summed E-state index contributed by atoms with van der Waals surface area (Å²) in [5.74, 6) is 0. The van der Waals surface area contributed by atoms with Crippen molar-refractivity contribution in [2.75, 3.05) is 26.4 Å². The fraction of sp³-hybridized carbons (Fsp3) is 0.412. The minimum absolute atomic E-state index is 0.0480. The molecule has 1 fully saturated rings. The molecule has 0 radical (unpaired) electrons. The minimum atomic E-state index is -3.22. The Morgan fingerprint density at radius 3 is 2.61 bits per heavy atom. The average molecular weight is 407 g/mol. The van der Waals surface area contributed by atoms with Crippen LogP contribution in [0.5, 0.6) is 0 Å². The van der Waals surface area contributed by atoms with Crippen molar-refractivity contribution in [1.29, 1.82) is 0 Å². The highest BCUT2D eigenvalue weighted by molar-refractivity contribution is 7.88. The first-order valence-corrected chi connectivity index (χ1v) is 10.5. The minimum Gasteiger partial charge on any atom is -0.324 e. The third kappa shape index (κ3) is 4.20. The van der Waals surface area contributed by atoms with Gasteiger partial charge in [0.2, 0.25) is 10.0 Å². The first kappa shape index (κ1) is 20.0. The maximum atomic E-state index is 12.8. The van der Waals surface area contributed by atoms with Crippen LogP contribution < -0.4 is 0 Å². The molecule has 1 aromatic heterocycles. The summed E-state index contributed by atoms with van der Waals surface area (Å²) in [5, 5.41) is 10.9. The predicted molar refractivity (Wildman–Crippen MR) is 102 cm³/mol. The number of rotatable bonds is 4. The van der Waals surface area contributed by atoms with Gasteiger partial charge in [-0.25, -0.2) is 22.5 Å². The molecular formula is C17H21N5O5S. The van der Waals surface area contributed by atoms with Gasteiger partial charge >= 0.3 is 6.03 Å². The molecule has 0 N–H and O–H groups in total. The zero-order valence-corrected chi connectivity index (χ0v) is 16.4. The van der Waals surface area contributed by atoms with E-state index in [-0.39, 0.29) is 17.8 Å². The van der Waals surface area contributed by atoms with Crippen molar-refractivity contribution in [3.63, 3.8) is 0 Å². The van der Waals surface area contributed by atoms with Crippen molar-refractivity contribution >= 4 is 21.7 Å². The van der Waals surface area contributed by atoms with Crippen LogP contribution in [-0.2, 0) is 10.0 Å². The highest BCUT2D eigenvalue weighted by Gasteiger charge is 2.29. The molecule has 150 valence electrons. The highest BCUT2D eigenvalue weighted by Crippen LogP contribution is 2.23. The summed E-state index contributed by atoms with van der Waals surface area (Å²) in [4.78, 5) is 29.0. The van der Waals surface area contributed by atoms with Gasteiger partial charge < -0.3 is 4.90 Å². The third-order valence-electron chi connectivity index (χ3n) is 4.90. The van der Waals surface area contributed by atoms with Crippen LogP contribution in [0.2, 0.25) is 0 Å². The molecular weight excluding hydrogens is 386 g/mol. The molecule has 28 heavy (non-hydrogen) atoms. The Balaban J connectivity index is 1.70. The third-order valence-corrected chi connectivity index (χ3v) is 6.20. The summed E-state index contributed by atoms with van der Waals surface area (Å²) in [5.41, 5.74) is 0.954. The molecule has 1 amide bonds. The van der Waals surface area contributed by atoms with Crippen LogP contribution in [0.3, 0.4) is 0 Å². The summed E-state index contributed by atoms with van der Waals surface area (Å²) in [6.45, 7) is 0.758. The number of imidazole rings is 1. The molecule has 11 heteroatoms. The van der Waals surface area contributed by atoms with Gasteiger partial charge in [0, 0.05) is 50.1 Å². The van der Waals surface area contributed by atoms with Gasteiger partial charge in [0.15, 0.2) is 0 Å². The van der Waals surface area contributed by atoms with E-state index in [1.807, 2.05) is 0 Å². The standard InChI is InChI=1S/C17H21N5O5S/c1-19(14-6-8-21(9-7-14)28(2,26)27)17(23)20-11-16(18-12-20)13-4-3-5-15(10-13)22(24)25/h3-5,10-12,14H,6-9H2,1-2H3. The van der Waals surface area contributed by atoms with Crippen molar-refractivity contribution in [3.05, 3.63) is 46.9 Å². The van der Waals surface area contributed by atoms with Crippen LogP contribution >= 0.6 is 0 Å². The zero-order valence-electron chi connectivity index (χ0n) is 15.6. The number of amides is 1. The molecule has 0 aliphatic carbocycles. The maximum Gasteiger partial charge on any atom is 0.329 e. The molecule has 0 atom stereocenters. The Morgan fingerprint density at radius 1 is 1.32 bits per heavy atom. The van der Waals surface area contributed by atoms with Crippen LogP contribution in [-0.4, -0.2) is 70.6 Å². The van der Waals surface area contributed by atoms with Gasteiger partial charge in [0.25, 0.3) is 5.69 Å². The fourth-order valence-electron chi connectivity index (χ4n) is 3.25. The van der Waals surface area contributed by atoms with Gasteiger partial charge in [0.1, 0.15) is 6.33 Å². The zero-order chi connectivity index (χ0) is 20.5. The summed E-state index contributed by atoms with van der Waals surface area (Å²) < 4.78 is 26.0. The summed E-state index contributed by atoms with van der Waals surface area (Å²) >= 11 is 0. The molecule has 0 unspecified atom stereocenters. The molecule has 1 aliphatic rings. The predicted octanol–water partition coefficient (Wildman–Crippen LogP) is 1.78. The van der Waals surface area contributed by atoms with E-state index in [4.69, 9.17) is 0 Å². The van der Waals surface area contributed by atoms with Crippen molar-refractivity contribution < 1.29 is 18.1 Å². The molecule has 10 nitrogen and oxygen atoms in total. The highest BCUT2D eigenvalue weighted by atomic mass is 32.2. The maximum absolute atomic E-state index is 12.8. The molecule has 1 saturated heterocycles. The lowest BCUT2D eigenvalue weighted by Crippen LogP contribution is -2.47. The Morgan fingerprint density at radius 2 is 2.00 bits per heavy atom. The van der Waals surface area contributed by atoms with E-state index in [2.05, 4.69) is 4.98 Å². The van der Waals surface area contributed by atoms with Crippen LogP contribution in [0.25, 0.3) is 11.3 Å². The number of benzene rings is 1. The number of nitrogens with zero attached hydrogens (tertiary/aromatic N) is 5. The Hall–Kier alpha value is -2.79. The lowest BCUT2D eigenvalue weighted by molar-refractivity contribution is -0.384. The number of nitro groups is 1. The molecule has 0 spiro atoms. The quantitative estimate of drug-likeness (QED) is 0.563. The number of carbonyl (C=O) groups excluding carboxylic acids is 1. The van der Waals surface area contributed by atoms with Crippen LogP contribution in [0.4, 0.5) is 10.5 Å². The number of aromatic nitrogens is 2. The molecule has 1 aromatic carbocycles. The van der Waals surface area contributed by atoms with Crippen molar-refractivity contribution in [2.45, 2.75) is 18.9 Å². The van der Waals surface area contributed by atoms with Gasteiger partial charge in [-0.1, -0.05) is 12.1 Å². The number of hydrogen-bond acceptors (Lipinski definition) is 6. The number of carbonyl (C=O) groups is 1. The van der Waals surface area contributed by atoms with Crippen LogP contribution in [0.15, 0.2) is 36.8 Å². The smallest absolute Gasteiger partial charge is 0.324 e. The monoisotopic (exact) mass is 407 g/mol. The largest absolute Gasteiger partial charge is 0.329 e. The number of sulfonamides is 1. The molecule has 3 rings (SSSR count). The van der Waals surface area contributed by atoms with E-state index >= 15 is 0 Å². The molecule has 2 heterocycles. The topological polar surface area (TPSA) is 119 Å². The second-order valence-corrected chi connectivity index (χ2v) is 8.74. The summed E-state index contributed by atoms with van der Waals surface area (Å²) in [6.07, 6.45) is 5.20. The number of nitro benzene ring substituents is 1. The van der Waals surface area contributed by atoms with E-state index in [1.165, 1.54) is 39.8 Å². The molecule has 1 aliphatic heterocycles. The van der Waals surface area contributed by atoms with Gasteiger partial charge in [0.05, 0.1) is 16.9 Å². The number of non-ortho nitro benzene ring substituents is 1. The van der Waals surface area contributed by atoms with E-state index in [0.29, 0.717) is 37.2 Å². The lowest BCUT2D eigenvalue weighted by Gasteiger charge is -2.35. The summed E-state index contributed by atoms with van der Waals surface area (Å²) in [6, 6.07) is 5.69. The van der Waals surface area contributed by atoms with Crippen LogP contribution in [0, 0.1) is 10.1 Å². The summed E-state index contributed by atoms with van der Waals surface area (Å²) in [7, 11) is -1.54. The second kappa shape index (κ2) is 7.68. The molecule has 0 bridgehead atoms. The lowest BCUT2D eigenvalue weighted by atomic mass is 10.1. The van der Waals surface area contributed by atoms with E-state index in [1.54, 1.807) is 24.1 Å². The SMILES string of the molecule is CN(C(=O)n1cnc(-c2cccc([N+](=O)[O-])c2)c1)C1CCN(S(C)(=O)=O)CC1. The number of hydrogen-bond donors (Lipinski definition) is 0. The fourth-order valence-corrected chi connectivity index (χ4v) is 4.13. The Bertz CT molecular complexity index is 995. The van der Waals surface area contributed by atoms with Crippen molar-refractivity contribution in [2.24, 2.45) is 0 Å². The Labute approximate surface area is 162 Å². The normalized spacial score (nSPS) is 16.1. The van der Waals surface area contributed by atoms with E-state index in [9.17, 15) is 23.3 Å². The number of piperidine rings is 1. The van der Waals surface area contributed by atoms with E-state index in [0.717, 1.165) is 0 Å². The molecule has 2 aromatic rings. The van der Waals surface area contributed by atoms with E-state index < -0.39 is 14.9 Å². The van der Waals surface area contributed by atoms with Crippen molar-refractivity contribution in [1.82, 2.24) is 18.8 Å². The molecule has 0 saturated carbocycles. The van der Waals surface area contributed by atoms with Crippen molar-refractivity contribution in [3.8, 4) is 11.3 Å². The van der Waals surface area contributed by atoms with Gasteiger partial charge in [-0.15, -0.1) is 0 Å². The second-order valence-electron chi connectivity index (χ2n) is 6.76. The van der Waals surface area contributed by atoms with Gasteiger partial charge in [-0.2, -0.15) is 0 Å². The first-order chi connectivity index (χ1) is 13.2. The van der Waals surface area contributed by atoms with Crippen LogP contribution in [0.1, 0.15) is 12.8 Å².